The maximum absolute atomic E-state index is 10.2. The largest absolute Gasteiger partial charge is 0.388 e. The number of pyridine rings is 1. The number of aliphatic hydroxyl groups excluding tert-OH is 1. The Morgan fingerprint density at radius 1 is 0.842 bits per heavy atom. The highest BCUT2D eigenvalue weighted by Gasteiger charge is 2.52. The molecule has 3 aliphatic heterocycles. The third-order valence-corrected chi connectivity index (χ3v) is 7.94. The van der Waals surface area contributed by atoms with Crippen molar-refractivity contribution in [2.24, 2.45) is 0 Å². The van der Waals surface area contributed by atoms with Gasteiger partial charge in [0, 0.05) is 17.5 Å². The van der Waals surface area contributed by atoms with E-state index in [0.717, 1.165) is 39.3 Å². The third kappa shape index (κ3) is 4.10. The molecule has 1 unspecified atom stereocenters. The lowest BCUT2D eigenvalue weighted by Gasteiger charge is -2.34. The number of aliphatic hydroxyl groups is 1. The van der Waals surface area contributed by atoms with Crippen LogP contribution in [0.4, 0.5) is 5.69 Å². The molecule has 6 nitrogen and oxygen atoms in total. The number of aromatic nitrogens is 1. The summed E-state index contributed by atoms with van der Waals surface area (Å²) in [7, 11) is 0. The van der Waals surface area contributed by atoms with E-state index < -0.39 is 11.8 Å². The molecule has 38 heavy (non-hydrogen) atoms. The van der Waals surface area contributed by atoms with E-state index in [9.17, 15) is 5.11 Å². The monoisotopic (exact) mass is 526 g/mol. The van der Waals surface area contributed by atoms with Gasteiger partial charge in [-0.3, -0.25) is 0 Å². The van der Waals surface area contributed by atoms with Crippen LogP contribution in [0, 0.1) is 0 Å². The first-order valence-corrected chi connectivity index (χ1v) is 13.3. The molecule has 0 saturated carbocycles. The second-order valence-corrected chi connectivity index (χ2v) is 10.5. The number of nitrogens with zero attached hydrogens (tertiary/aromatic N) is 1. The molecule has 2 saturated heterocycles. The molecule has 3 aliphatic rings. The normalized spacial score (nSPS) is 27.6. The summed E-state index contributed by atoms with van der Waals surface area (Å²) in [4.78, 5) is 5.02. The van der Waals surface area contributed by atoms with Crippen molar-refractivity contribution in [3.63, 3.8) is 0 Å². The molecule has 1 aromatic heterocycles. The SMILES string of the molecule is O[C@@H]1CO[C@H]2[C@@H]1OC[C@H]2OC1(c2ccccc2)Cc2nc(-c3ccc(-c4ccccc4)cc3)c(Cl)cc2N1. The summed E-state index contributed by atoms with van der Waals surface area (Å²) in [6.45, 7) is 0.608. The van der Waals surface area contributed by atoms with Gasteiger partial charge in [0.1, 0.15) is 24.4 Å². The van der Waals surface area contributed by atoms with Gasteiger partial charge in [-0.05, 0) is 17.2 Å². The van der Waals surface area contributed by atoms with Gasteiger partial charge >= 0.3 is 0 Å². The minimum Gasteiger partial charge on any atom is -0.388 e. The highest BCUT2D eigenvalue weighted by atomic mass is 35.5. The number of hydrogen-bond acceptors (Lipinski definition) is 6. The Kier molecular flexibility index (Phi) is 5.95. The molecule has 192 valence electrons. The summed E-state index contributed by atoms with van der Waals surface area (Å²) in [6, 6.07) is 30.6. The van der Waals surface area contributed by atoms with Gasteiger partial charge in [0.25, 0.3) is 0 Å². The van der Waals surface area contributed by atoms with Crippen molar-refractivity contribution in [1.82, 2.24) is 4.98 Å². The van der Waals surface area contributed by atoms with Crippen LogP contribution in [0.5, 0.6) is 0 Å². The van der Waals surface area contributed by atoms with Crippen LogP contribution in [0.2, 0.25) is 5.02 Å². The fourth-order valence-corrected chi connectivity index (χ4v) is 6.01. The molecule has 0 amide bonds. The van der Waals surface area contributed by atoms with Crippen LogP contribution in [0.25, 0.3) is 22.4 Å². The van der Waals surface area contributed by atoms with Crippen LogP contribution in [-0.4, -0.2) is 47.7 Å². The van der Waals surface area contributed by atoms with Crippen molar-refractivity contribution in [3.05, 3.63) is 107 Å². The summed E-state index contributed by atoms with van der Waals surface area (Å²) >= 11 is 6.79. The molecule has 4 heterocycles. The second-order valence-electron chi connectivity index (χ2n) is 10.1. The van der Waals surface area contributed by atoms with Gasteiger partial charge in [0.15, 0.2) is 5.72 Å². The lowest BCUT2D eigenvalue weighted by Crippen LogP contribution is -2.44. The lowest BCUT2D eigenvalue weighted by molar-refractivity contribution is -0.117. The number of hydrogen-bond donors (Lipinski definition) is 2. The first-order chi connectivity index (χ1) is 18.6. The zero-order valence-corrected chi connectivity index (χ0v) is 21.3. The predicted octanol–water partition coefficient (Wildman–Crippen LogP) is 5.43. The second kappa shape index (κ2) is 9.49. The number of halogens is 1. The van der Waals surface area contributed by atoms with Crippen LogP contribution in [0.15, 0.2) is 91.0 Å². The Labute approximate surface area is 226 Å². The summed E-state index contributed by atoms with van der Waals surface area (Å²) < 4.78 is 18.5. The van der Waals surface area contributed by atoms with E-state index in [1.54, 1.807) is 0 Å². The van der Waals surface area contributed by atoms with Crippen molar-refractivity contribution in [2.75, 3.05) is 18.5 Å². The van der Waals surface area contributed by atoms with E-state index in [-0.39, 0.29) is 24.9 Å². The van der Waals surface area contributed by atoms with E-state index in [2.05, 4.69) is 41.7 Å². The Morgan fingerprint density at radius 3 is 2.26 bits per heavy atom. The van der Waals surface area contributed by atoms with E-state index in [0.29, 0.717) is 18.1 Å². The third-order valence-electron chi connectivity index (χ3n) is 7.65. The number of ether oxygens (including phenoxy) is 3. The molecule has 5 atom stereocenters. The zero-order chi connectivity index (χ0) is 25.7. The first-order valence-electron chi connectivity index (χ1n) is 12.9. The average Bonchev–Trinajstić information content (AvgIpc) is 3.64. The minimum atomic E-state index is -0.866. The van der Waals surface area contributed by atoms with Crippen LogP contribution in [0.1, 0.15) is 11.3 Å². The van der Waals surface area contributed by atoms with Gasteiger partial charge in [-0.15, -0.1) is 0 Å². The average molecular weight is 527 g/mol. The van der Waals surface area contributed by atoms with Crippen molar-refractivity contribution in [1.29, 1.82) is 0 Å². The van der Waals surface area contributed by atoms with Gasteiger partial charge < -0.3 is 24.6 Å². The summed E-state index contributed by atoms with van der Waals surface area (Å²) in [5.41, 5.74) is 5.83. The lowest BCUT2D eigenvalue weighted by atomic mass is 9.99. The van der Waals surface area contributed by atoms with Gasteiger partial charge in [0.2, 0.25) is 0 Å². The van der Waals surface area contributed by atoms with E-state index in [1.807, 2.05) is 54.6 Å². The van der Waals surface area contributed by atoms with Crippen molar-refractivity contribution in [3.8, 4) is 22.4 Å². The molecule has 7 heteroatoms. The predicted molar refractivity (Wildman–Crippen MR) is 146 cm³/mol. The van der Waals surface area contributed by atoms with Gasteiger partial charge in [0.05, 0.1) is 35.3 Å². The summed E-state index contributed by atoms with van der Waals surface area (Å²) in [5.74, 6) is 0. The fraction of sp³-hybridized carbons (Fsp3) is 0.258. The van der Waals surface area contributed by atoms with Crippen LogP contribution >= 0.6 is 11.6 Å². The molecule has 4 aromatic rings. The molecular formula is C31H27ClN2O4. The number of anilines is 1. The van der Waals surface area contributed by atoms with Crippen molar-refractivity contribution in [2.45, 2.75) is 36.6 Å². The number of nitrogens with one attached hydrogen (secondary N) is 1. The maximum atomic E-state index is 10.2. The Morgan fingerprint density at radius 2 is 1.50 bits per heavy atom. The van der Waals surface area contributed by atoms with E-state index in [1.165, 1.54) is 0 Å². The Balaban J connectivity index is 1.21. The summed E-state index contributed by atoms with van der Waals surface area (Å²) in [5, 5.41) is 14.4. The Hall–Kier alpha value is -3.26. The molecular weight excluding hydrogens is 500 g/mol. The quantitative estimate of drug-likeness (QED) is 0.361. The van der Waals surface area contributed by atoms with E-state index >= 15 is 0 Å². The molecule has 3 aromatic carbocycles. The topological polar surface area (TPSA) is 72.8 Å². The van der Waals surface area contributed by atoms with Crippen LogP contribution in [-0.2, 0) is 26.4 Å². The maximum Gasteiger partial charge on any atom is 0.171 e. The van der Waals surface area contributed by atoms with Crippen molar-refractivity contribution < 1.29 is 19.3 Å². The van der Waals surface area contributed by atoms with Gasteiger partial charge in [-0.25, -0.2) is 4.98 Å². The summed E-state index contributed by atoms with van der Waals surface area (Å²) in [6.07, 6.45) is -1.14. The highest BCUT2D eigenvalue weighted by Crippen LogP contribution is 2.45. The standard InChI is InChI=1S/C31H27ClN2O4/c32-23-15-24-25(33-28(23)21-13-11-20(12-14-21)19-7-3-1-4-8-19)16-31(34-24,22-9-5-2-6-10-22)38-27-18-37-29-26(35)17-36-30(27)29/h1-15,26-27,29-30,34-35H,16-18H2/t26-,27-,29-,30-,31?/m1/s1. The smallest absolute Gasteiger partial charge is 0.171 e. The molecule has 2 N–H and O–H groups in total. The molecule has 7 rings (SSSR count). The van der Waals surface area contributed by atoms with Crippen molar-refractivity contribution >= 4 is 17.3 Å². The van der Waals surface area contributed by atoms with Crippen LogP contribution < -0.4 is 5.32 Å². The highest BCUT2D eigenvalue weighted by molar-refractivity contribution is 6.33. The first kappa shape index (κ1) is 23.8. The molecule has 2 fully saturated rings. The number of rotatable bonds is 5. The fourth-order valence-electron chi connectivity index (χ4n) is 5.75. The molecule has 0 bridgehead atoms. The zero-order valence-electron chi connectivity index (χ0n) is 20.6. The van der Waals surface area contributed by atoms with Gasteiger partial charge in [-0.1, -0.05) is 96.5 Å². The van der Waals surface area contributed by atoms with Crippen LogP contribution in [0.3, 0.4) is 0 Å². The minimum absolute atomic E-state index is 0.255. The molecule has 0 radical (unpaired) electrons. The van der Waals surface area contributed by atoms with E-state index in [4.69, 9.17) is 30.8 Å². The molecule has 0 aliphatic carbocycles. The molecule has 0 spiro atoms. The Bertz CT molecular complexity index is 1450. The van der Waals surface area contributed by atoms with Gasteiger partial charge in [-0.2, -0.15) is 0 Å². The number of fused-ring (bicyclic) bond motifs is 2. The number of benzene rings is 3.